The second-order valence-electron chi connectivity index (χ2n) is 12.6. The molecule has 2 fully saturated rings. The molecule has 0 bridgehead atoms. The van der Waals surface area contributed by atoms with Crippen LogP contribution in [0.2, 0.25) is 0 Å². The number of aliphatic hydroxyl groups excluding tert-OH is 1. The fraction of sp³-hybridized carbons (Fsp3) is 0.594. The normalized spacial score (nSPS) is 20.4. The average molecular weight is 563 g/mol. The molecule has 1 saturated heterocycles. The molecule has 2 aliphatic rings. The third kappa shape index (κ3) is 7.38. The van der Waals surface area contributed by atoms with Gasteiger partial charge in [0.2, 0.25) is 5.95 Å². The van der Waals surface area contributed by atoms with Crippen LogP contribution >= 0.6 is 0 Å². The molecule has 0 atom stereocenters. The predicted molar refractivity (Wildman–Crippen MR) is 163 cm³/mol. The van der Waals surface area contributed by atoms with Gasteiger partial charge in [-0.15, -0.1) is 0 Å². The van der Waals surface area contributed by atoms with Crippen molar-refractivity contribution in [1.82, 2.24) is 24.3 Å². The van der Waals surface area contributed by atoms with E-state index in [2.05, 4.69) is 57.2 Å². The zero-order chi connectivity index (χ0) is 29.0. The number of unbranched alkanes of at least 4 members (excludes halogenated alkanes) is 1. The lowest BCUT2D eigenvalue weighted by Gasteiger charge is -2.35. The number of carbonyl (C=O) groups excluding carboxylic acids is 1. The Hall–Kier alpha value is -3.17. The first-order valence-electron chi connectivity index (χ1n) is 15.3. The molecule has 2 aromatic heterocycles. The van der Waals surface area contributed by atoms with Crippen molar-refractivity contribution in [1.29, 1.82) is 0 Å². The highest BCUT2D eigenvalue weighted by Gasteiger charge is 2.27. The number of rotatable bonds is 8. The summed E-state index contributed by atoms with van der Waals surface area (Å²) in [6, 6.07) is 9.13. The first-order valence-corrected chi connectivity index (χ1v) is 15.3. The molecule has 9 nitrogen and oxygen atoms in total. The van der Waals surface area contributed by atoms with E-state index in [0.717, 1.165) is 86.9 Å². The summed E-state index contributed by atoms with van der Waals surface area (Å²) in [5.74, 6) is 0.676. The molecule has 5 rings (SSSR count). The molecule has 1 saturated carbocycles. The summed E-state index contributed by atoms with van der Waals surface area (Å²) in [6.45, 7) is 12.6. The highest BCUT2D eigenvalue weighted by molar-refractivity contribution is 5.94. The van der Waals surface area contributed by atoms with Crippen LogP contribution in [0.3, 0.4) is 0 Å². The van der Waals surface area contributed by atoms with Gasteiger partial charge in [-0.1, -0.05) is 37.6 Å². The van der Waals surface area contributed by atoms with Crippen LogP contribution in [-0.4, -0.2) is 80.0 Å². The van der Waals surface area contributed by atoms with Crippen molar-refractivity contribution in [2.24, 2.45) is 0 Å². The number of fused-ring (bicyclic) bond motifs is 1. The fourth-order valence-electron chi connectivity index (χ4n) is 5.80. The Labute approximate surface area is 243 Å². The zero-order valence-electron chi connectivity index (χ0n) is 25.1. The van der Waals surface area contributed by atoms with Gasteiger partial charge in [-0.05, 0) is 64.0 Å². The number of carbonyl (C=O) groups is 1. The monoisotopic (exact) mass is 562 g/mol. The van der Waals surface area contributed by atoms with E-state index in [-0.39, 0.29) is 12.2 Å². The van der Waals surface area contributed by atoms with Gasteiger partial charge in [0, 0.05) is 68.7 Å². The molecule has 1 aliphatic heterocycles. The van der Waals surface area contributed by atoms with Crippen LogP contribution in [0.25, 0.3) is 22.2 Å². The van der Waals surface area contributed by atoms with E-state index in [1.54, 1.807) is 4.90 Å². The molecular formula is C32H46N6O3. The van der Waals surface area contributed by atoms with Gasteiger partial charge in [0.25, 0.3) is 0 Å². The molecule has 3 heterocycles. The van der Waals surface area contributed by atoms with Gasteiger partial charge >= 0.3 is 6.09 Å². The number of nitrogens with zero attached hydrogens (tertiary/aromatic N) is 5. The maximum Gasteiger partial charge on any atom is 0.410 e. The van der Waals surface area contributed by atoms with Crippen LogP contribution < -0.4 is 5.32 Å². The number of benzene rings is 1. The molecule has 0 unspecified atom stereocenters. The summed E-state index contributed by atoms with van der Waals surface area (Å²) in [5, 5.41) is 14.5. The third-order valence-corrected chi connectivity index (χ3v) is 8.14. The highest BCUT2D eigenvalue weighted by Crippen LogP contribution is 2.36. The second-order valence-corrected chi connectivity index (χ2v) is 12.6. The summed E-state index contributed by atoms with van der Waals surface area (Å²) < 4.78 is 7.85. The molecule has 0 radical (unpaired) electrons. The number of amides is 1. The number of ether oxygens (including phenoxy) is 1. The van der Waals surface area contributed by atoms with Crippen LogP contribution in [0.15, 0.2) is 36.7 Å². The van der Waals surface area contributed by atoms with Crippen molar-refractivity contribution in [2.75, 3.05) is 38.0 Å². The first-order chi connectivity index (χ1) is 19.7. The van der Waals surface area contributed by atoms with Crippen LogP contribution in [0.4, 0.5) is 10.7 Å². The number of nitrogens with one attached hydrogen (secondary N) is 1. The summed E-state index contributed by atoms with van der Waals surface area (Å²) >= 11 is 0. The Bertz CT molecular complexity index is 1300. The van der Waals surface area contributed by atoms with Gasteiger partial charge in [0.1, 0.15) is 11.2 Å². The largest absolute Gasteiger partial charge is 0.444 e. The van der Waals surface area contributed by atoms with Crippen molar-refractivity contribution in [3.63, 3.8) is 0 Å². The minimum absolute atomic E-state index is 0.193. The number of piperazine rings is 1. The van der Waals surface area contributed by atoms with Gasteiger partial charge in [-0.2, -0.15) is 4.98 Å². The van der Waals surface area contributed by atoms with Gasteiger partial charge in [0.15, 0.2) is 0 Å². The van der Waals surface area contributed by atoms with Crippen LogP contribution in [0, 0.1) is 0 Å². The van der Waals surface area contributed by atoms with Crippen molar-refractivity contribution < 1.29 is 14.6 Å². The molecule has 9 heteroatoms. The van der Waals surface area contributed by atoms with Gasteiger partial charge < -0.3 is 24.6 Å². The molecule has 1 aromatic carbocycles. The Kier molecular flexibility index (Phi) is 9.14. The number of hydrogen-bond donors (Lipinski definition) is 2. The average Bonchev–Trinajstić information content (AvgIpc) is 3.32. The predicted octanol–water partition coefficient (Wildman–Crippen LogP) is 5.84. The van der Waals surface area contributed by atoms with E-state index in [9.17, 15) is 9.90 Å². The van der Waals surface area contributed by atoms with Crippen molar-refractivity contribution >= 4 is 23.1 Å². The molecule has 2 N–H and O–H groups in total. The maximum atomic E-state index is 12.4. The van der Waals surface area contributed by atoms with Crippen LogP contribution in [-0.2, 0) is 11.3 Å². The lowest BCUT2D eigenvalue weighted by Crippen LogP contribution is -2.49. The smallest absolute Gasteiger partial charge is 0.410 e. The van der Waals surface area contributed by atoms with Crippen LogP contribution in [0.5, 0.6) is 0 Å². The standard InChI is InChI=1S/C32H46N6O3/c1-5-6-15-33-30-34-20-27-28(22-38(29(27)35-30)25-11-13-26(39)14-12-25)24-9-7-23(8-10-24)21-36-16-18-37(19-17-36)31(40)41-32(2,3)4/h7-10,20,22,25-26,39H,5-6,11-19,21H2,1-4H3,(H,33,34,35)/t25-,26-. The van der Waals surface area contributed by atoms with E-state index in [0.29, 0.717) is 25.1 Å². The second kappa shape index (κ2) is 12.8. The molecule has 1 amide bonds. The zero-order valence-corrected chi connectivity index (χ0v) is 25.1. The van der Waals surface area contributed by atoms with E-state index >= 15 is 0 Å². The minimum atomic E-state index is -0.471. The van der Waals surface area contributed by atoms with Crippen molar-refractivity contribution in [3.05, 3.63) is 42.2 Å². The number of anilines is 1. The topological polar surface area (TPSA) is 95.8 Å². The molecule has 222 valence electrons. The third-order valence-electron chi connectivity index (χ3n) is 8.14. The van der Waals surface area contributed by atoms with E-state index in [1.165, 1.54) is 5.56 Å². The van der Waals surface area contributed by atoms with Crippen molar-refractivity contribution in [2.45, 2.75) is 90.5 Å². The fourth-order valence-corrected chi connectivity index (χ4v) is 5.80. The maximum absolute atomic E-state index is 12.4. The van der Waals surface area contributed by atoms with Gasteiger partial charge in [0.05, 0.1) is 6.10 Å². The minimum Gasteiger partial charge on any atom is -0.444 e. The highest BCUT2D eigenvalue weighted by atomic mass is 16.6. The number of aliphatic hydroxyl groups is 1. The number of aromatic nitrogens is 3. The molecular weight excluding hydrogens is 516 g/mol. The van der Waals surface area contributed by atoms with Crippen LogP contribution in [0.1, 0.15) is 77.8 Å². The quantitative estimate of drug-likeness (QED) is 0.333. The first kappa shape index (κ1) is 29.3. The molecule has 0 spiro atoms. The van der Waals surface area contributed by atoms with E-state index < -0.39 is 5.60 Å². The SMILES string of the molecule is CCCCNc1ncc2c(-c3ccc(CN4CCN(C(=O)OC(C)(C)C)CC4)cc3)cn([C@H]3CC[C@H](O)CC3)c2n1. The summed E-state index contributed by atoms with van der Waals surface area (Å²) in [5.41, 5.74) is 4.04. The Morgan fingerprint density at radius 1 is 1.07 bits per heavy atom. The number of hydrogen-bond acceptors (Lipinski definition) is 7. The summed E-state index contributed by atoms with van der Waals surface area (Å²) in [4.78, 5) is 26.2. The van der Waals surface area contributed by atoms with Crippen molar-refractivity contribution in [3.8, 4) is 11.1 Å². The summed E-state index contributed by atoms with van der Waals surface area (Å²) in [6.07, 6.45) is 9.54. The van der Waals surface area contributed by atoms with E-state index in [4.69, 9.17) is 9.72 Å². The van der Waals surface area contributed by atoms with E-state index in [1.807, 2.05) is 27.0 Å². The summed E-state index contributed by atoms with van der Waals surface area (Å²) in [7, 11) is 0. The Morgan fingerprint density at radius 2 is 1.78 bits per heavy atom. The lowest BCUT2D eigenvalue weighted by atomic mass is 9.93. The Balaban J connectivity index is 1.29. The van der Waals surface area contributed by atoms with Gasteiger partial charge in [-0.3, -0.25) is 4.90 Å². The molecule has 41 heavy (non-hydrogen) atoms. The molecule has 3 aromatic rings. The lowest BCUT2D eigenvalue weighted by molar-refractivity contribution is 0.0139. The Morgan fingerprint density at radius 3 is 2.44 bits per heavy atom. The van der Waals surface area contributed by atoms with Gasteiger partial charge in [-0.25, -0.2) is 9.78 Å². The molecule has 1 aliphatic carbocycles.